The lowest BCUT2D eigenvalue weighted by atomic mass is 10.0. The molecule has 0 radical (unpaired) electrons. The Bertz CT molecular complexity index is 435. The zero-order chi connectivity index (χ0) is 16.2. The third-order valence-electron chi connectivity index (χ3n) is 4.31. The van der Waals surface area contributed by atoms with Gasteiger partial charge in [-0.15, -0.1) is 0 Å². The monoisotopic (exact) mass is 318 g/mol. The van der Waals surface area contributed by atoms with Crippen LogP contribution in [0, 0.1) is 5.92 Å². The zero-order valence-corrected chi connectivity index (χ0v) is 12.4. The van der Waals surface area contributed by atoms with E-state index >= 15 is 0 Å². The first-order valence-corrected chi connectivity index (χ1v) is 7.71. The largest absolute Gasteiger partial charge is 0.471 e. The number of nitrogens with one attached hydrogen (secondary N) is 1. The average Bonchev–Trinajstić information content (AvgIpc) is 2.98. The van der Waals surface area contributed by atoms with Crippen LogP contribution in [-0.4, -0.2) is 42.0 Å². The van der Waals surface area contributed by atoms with Crippen LogP contribution in [-0.2, 0) is 9.59 Å². The molecule has 22 heavy (non-hydrogen) atoms. The van der Waals surface area contributed by atoms with Crippen molar-refractivity contribution in [1.82, 2.24) is 10.2 Å². The molecule has 1 heterocycles. The summed E-state index contributed by atoms with van der Waals surface area (Å²) in [6, 6.07) is -0.517. The number of hydrogen-bond acceptors (Lipinski definition) is 2. The lowest BCUT2D eigenvalue weighted by Gasteiger charge is -2.32. The van der Waals surface area contributed by atoms with Gasteiger partial charge in [0, 0.05) is 19.1 Å². The molecule has 0 aromatic rings. The first-order chi connectivity index (χ1) is 10.4. The molecule has 2 rings (SSSR count). The quantitative estimate of drug-likeness (QED) is 0.812. The van der Waals surface area contributed by atoms with Gasteiger partial charge in [0.25, 0.3) is 0 Å². The maximum Gasteiger partial charge on any atom is 0.471 e. The van der Waals surface area contributed by atoms with E-state index < -0.39 is 18.1 Å². The van der Waals surface area contributed by atoms with Gasteiger partial charge in [-0.05, 0) is 37.7 Å². The molecule has 0 aromatic heterocycles. The minimum absolute atomic E-state index is 0.0903. The van der Waals surface area contributed by atoms with Gasteiger partial charge in [0.15, 0.2) is 0 Å². The highest BCUT2D eigenvalue weighted by molar-refractivity contribution is 5.87. The molecule has 124 valence electrons. The van der Waals surface area contributed by atoms with Crippen molar-refractivity contribution < 1.29 is 22.8 Å². The molecule has 2 amide bonds. The molecular formula is C15H21F3N2O2. The van der Waals surface area contributed by atoms with Crippen LogP contribution in [0.4, 0.5) is 13.2 Å². The predicted molar refractivity (Wildman–Crippen MR) is 74.9 cm³/mol. The lowest BCUT2D eigenvalue weighted by molar-refractivity contribution is -0.174. The van der Waals surface area contributed by atoms with E-state index in [1.807, 2.05) is 11.4 Å². The smallest absolute Gasteiger partial charge is 0.345 e. The highest BCUT2D eigenvalue weighted by atomic mass is 19.4. The molecule has 2 fully saturated rings. The predicted octanol–water partition coefficient (Wildman–Crippen LogP) is 2.40. The van der Waals surface area contributed by atoms with Crippen LogP contribution < -0.4 is 5.32 Å². The Labute approximate surface area is 127 Å². The van der Waals surface area contributed by atoms with Gasteiger partial charge in [0.2, 0.25) is 5.91 Å². The summed E-state index contributed by atoms with van der Waals surface area (Å²) in [5.41, 5.74) is 0. The Hall–Kier alpha value is -1.53. The Morgan fingerprint density at radius 3 is 2.18 bits per heavy atom. The van der Waals surface area contributed by atoms with Gasteiger partial charge < -0.3 is 10.2 Å². The van der Waals surface area contributed by atoms with Crippen LogP contribution >= 0.6 is 0 Å². The summed E-state index contributed by atoms with van der Waals surface area (Å²) < 4.78 is 36.5. The van der Waals surface area contributed by atoms with Crippen molar-refractivity contribution in [2.24, 2.45) is 5.92 Å². The van der Waals surface area contributed by atoms with E-state index in [4.69, 9.17) is 0 Å². The summed E-state index contributed by atoms with van der Waals surface area (Å²) >= 11 is 0. The average molecular weight is 318 g/mol. The van der Waals surface area contributed by atoms with Crippen molar-refractivity contribution in [1.29, 1.82) is 0 Å². The number of rotatable bonds is 3. The van der Waals surface area contributed by atoms with Gasteiger partial charge in [-0.3, -0.25) is 9.59 Å². The van der Waals surface area contributed by atoms with Gasteiger partial charge >= 0.3 is 12.1 Å². The molecule has 0 spiro atoms. The minimum atomic E-state index is -4.85. The standard InChI is InChI=1S/C15H21F3N2O2/c16-15(17,18)14(22)19-12-7-9-20(10-8-12)13(21)6-5-11-3-1-2-4-11/h5-6,11-12H,1-4,7-10H2,(H,19,22)/b6-5+. The lowest BCUT2D eigenvalue weighted by Crippen LogP contribution is -2.49. The molecule has 7 heteroatoms. The Morgan fingerprint density at radius 1 is 1.05 bits per heavy atom. The third kappa shape index (κ3) is 4.74. The summed E-state index contributed by atoms with van der Waals surface area (Å²) in [6.45, 7) is 0.743. The first kappa shape index (κ1) is 16.8. The molecular weight excluding hydrogens is 297 g/mol. The molecule has 0 unspecified atom stereocenters. The molecule has 1 N–H and O–H groups in total. The maximum atomic E-state index is 12.2. The summed E-state index contributed by atoms with van der Waals surface area (Å²) in [4.78, 5) is 24.5. The summed E-state index contributed by atoms with van der Waals surface area (Å²) in [6.07, 6.45) is 4.04. The fourth-order valence-corrected chi connectivity index (χ4v) is 2.99. The van der Waals surface area contributed by atoms with Crippen molar-refractivity contribution in [2.75, 3.05) is 13.1 Å². The van der Waals surface area contributed by atoms with Crippen molar-refractivity contribution in [2.45, 2.75) is 50.7 Å². The normalized spacial score (nSPS) is 21.5. The fraction of sp³-hybridized carbons (Fsp3) is 0.733. The minimum Gasteiger partial charge on any atom is -0.345 e. The summed E-state index contributed by atoms with van der Waals surface area (Å²) in [5.74, 6) is -1.52. The molecule has 0 aromatic carbocycles. The fourth-order valence-electron chi connectivity index (χ4n) is 2.99. The number of carbonyl (C=O) groups is 2. The Kier molecular flexibility index (Phi) is 5.47. The molecule has 4 nitrogen and oxygen atoms in total. The number of carbonyl (C=O) groups excluding carboxylic acids is 2. The van der Waals surface area contributed by atoms with Crippen molar-refractivity contribution in [3.63, 3.8) is 0 Å². The number of alkyl halides is 3. The van der Waals surface area contributed by atoms with Gasteiger partial charge in [0.1, 0.15) is 0 Å². The number of hydrogen-bond donors (Lipinski definition) is 1. The van der Waals surface area contributed by atoms with Gasteiger partial charge in [-0.25, -0.2) is 0 Å². The molecule has 0 bridgehead atoms. The van der Waals surface area contributed by atoms with E-state index in [2.05, 4.69) is 0 Å². The number of piperidine rings is 1. The number of allylic oxidation sites excluding steroid dienone is 1. The summed E-state index contributed by atoms with van der Waals surface area (Å²) in [5, 5.41) is 1.98. The maximum absolute atomic E-state index is 12.2. The van der Waals surface area contributed by atoms with Crippen LogP contribution in [0.1, 0.15) is 38.5 Å². The number of amides is 2. The topological polar surface area (TPSA) is 49.4 Å². The molecule has 0 atom stereocenters. The Balaban J connectivity index is 1.74. The van der Waals surface area contributed by atoms with E-state index in [9.17, 15) is 22.8 Å². The molecule has 1 saturated heterocycles. The highest BCUT2D eigenvalue weighted by Gasteiger charge is 2.40. The van der Waals surface area contributed by atoms with Crippen LogP contribution in [0.3, 0.4) is 0 Å². The second-order valence-corrected chi connectivity index (χ2v) is 5.97. The number of likely N-dealkylation sites (tertiary alicyclic amines) is 1. The van der Waals surface area contributed by atoms with Gasteiger partial charge in [0.05, 0.1) is 0 Å². The van der Waals surface area contributed by atoms with Gasteiger partial charge in [-0.1, -0.05) is 18.9 Å². The molecule has 2 aliphatic rings. The van der Waals surface area contributed by atoms with Crippen LogP contribution in [0.15, 0.2) is 12.2 Å². The molecule has 1 aliphatic carbocycles. The van der Waals surface area contributed by atoms with Crippen molar-refractivity contribution >= 4 is 11.8 Å². The second-order valence-electron chi connectivity index (χ2n) is 5.97. The van der Waals surface area contributed by atoms with Crippen LogP contribution in [0.25, 0.3) is 0 Å². The van der Waals surface area contributed by atoms with Crippen molar-refractivity contribution in [3.05, 3.63) is 12.2 Å². The Morgan fingerprint density at radius 2 is 1.64 bits per heavy atom. The SMILES string of the molecule is O=C(/C=C/C1CCCC1)N1CCC(NC(=O)C(F)(F)F)CC1. The van der Waals surface area contributed by atoms with E-state index in [0.29, 0.717) is 31.8 Å². The van der Waals surface area contributed by atoms with Gasteiger partial charge in [-0.2, -0.15) is 13.2 Å². The van der Waals surface area contributed by atoms with E-state index in [1.54, 1.807) is 11.0 Å². The third-order valence-corrected chi connectivity index (χ3v) is 4.31. The molecule has 1 aliphatic heterocycles. The summed E-state index contributed by atoms with van der Waals surface area (Å²) in [7, 11) is 0. The molecule has 1 saturated carbocycles. The van der Waals surface area contributed by atoms with E-state index in [-0.39, 0.29) is 5.91 Å². The van der Waals surface area contributed by atoms with E-state index in [1.165, 1.54) is 12.8 Å². The number of halogens is 3. The highest BCUT2D eigenvalue weighted by Crippen LogP contribution is 2.25. The first-order valence-electron chi connectivity index (χ1n) is 7.71. The van der Waals surface area contributed by atoms with Crippen LogP contribution in [0.5, 0.6) is 0 Å². The van der Waals surface area contributed by atoms with Crippen molar-refractivity contribution in [3.8, 4) is 0 Å². The van der Waals surface area contributed by atoms with E-state index in [0.717, 1.165) is 12.8 Å². The zero-order valence-electron chi connectivity index (χ0n) is 12.4. The van der Waals surface area contributed by atoms with Crippen LogP contribution in [0.2, 0.25) is 0 Å². The number of nitrogens with zero attached hydrogens (tertiary/aromatic N) is 1. The second kappa shape index (κ2) is 7.15.